The molecule has 0 bridgehead atoms. The topological polar surface area (TPSA) is 20.3 Å². The molecule has 0 aromatic heterocycles. The number of fused-ring (bicyclic) bond motifs is 1. The number of thiocarbonyl (C=S) groups is 1. The molecule has 1 aliphatic rings. The fourth-order valence-electron chi connectivity index (χ4n) is 3.21. The average molecular weight is 376 g/mol. The number of thioether (sulfide) groups is 1. The summed E-state index contributed by atoms with van der Waals surface area (Å²) >= 11 is 6.89. The van der Waals surface area contributed by atoms with E-state index in [4.69, 9.17) is 12.2 Å². The van der Waals surface area contributed by atoms with Crippen molar-refractivity contribution in [1.82, 2.24) is 4.90 Å². The van der Waals surface area contributed by atoms with Gasteiger partial charge in [0.2, 0.25) is 0 Å². The van der Waals surface area contributed by atoms with Crippen LogP contribution in [0.15, 0.2) is 77.7 Å². The van der Waals surface area contributed by atoms with Crippen molar-refractivity contribution in [2.75, 3.05) is 0 Å². The number of hydrogen-bond acceptors (Lipinski definition) is 3. The number of rotatable bonds is 3. The van der Waals surface area contributed by atoms with Gasteiger partial charge >= 0.3 is 0 Å². The zero-order chi connectivity index (χ0) is 18.1. The van der Waals surface area contributed by atoms with Crippen molar-refractivity contribution in [3.63, 3.8) is 0 Å². The van der Waals surface area contributed by atoms with Crippen molar-refractivity contribution >= 4 is 51.1 Å². The maximum atomic E-state index is 13.0. The van der Waals surface area contributed by atoms with E-state index in [1.807, 2.05) is 67.6 Å². The second-order valence-electron chi connectivity index (χ2n) is 6.21. The Labute approximate surface area is 162 Å². The number of nitrogens with zero attached hydrogens (tertiary/aromatic N) is 1. The Balaban J connectivity index is 1.70. The van der Waals surface area contributed by atoms with Gasteiger partial charge in [-0.05, 0) is 34.9 Å². The molecule has 26 heavy (non-hydrogen) atoms. The van der Waals surface area contributed by atoms with Gasteiger partial charge in [-0.2, -0.15) is 0 Å². The zero-order valence-corrected chi connectivity index (χ0v) is 15.9. The van der Waals surface area contributed by atoms with Crippen LogP contribution >= 0.6 is 24.0 Å². The quantitative estimate of drug-likeness (QED) is 0.426. The summed E-state index contributed by atoms with van der Waals surface area (Å²) in [6.45, 7) is 2.01. The van der Waals surface area contributed by atoms with Crippen LogP contribution in [0.4, 0.5) is 0 Å². The van der Waals surface area contributed by atoms with Gasteiger partial charge in [0.05, 0.1) is 10.9 Å². The number of benzene rings is 3. The summed E-state index contributed by atoms with van der Waals surface area (Å²) in [5.41, 5.74) is 2.12. The Kier molecular flexibility index (Phi) is 4.62. The van der Waals surface area contributed by atoms with Gasteiger partial charge in [-0.15, -0.1) is 0 Å². The summed E-state index contributed by atoms with van der Waals surface area (Å²) < 4.78 is 0.609. The van der Waals surface area contributed by atoms with E-state index < -0.39 is 0 Å². The van der Waals surface area contributed by atoms with Crippen LogP contribution in [0.5, 0.6) is 0 Å². The Morgan fingerprint density at radius 3 is 2.46 bits per heavy atom. The van der Waals surface area contributed by atoms with Crippen LogP contribution in [0.1, 0.15) is 24.1 Å². The number of hydrogen-bond donors (Lipinski definition) is 0. The molecule has 1 heterocycles. The largest absolute Gasteiger partial charge is 0.286 e. The molecule has 128 valence electrons. The third-order valence-electron chi connectivity index (χ3n) is 4.60. The lowest BCUT2D eigenvalue weighted by Gasteiger charge is -2.23. The SMILES string of the molecule is CC(c1ccccc1)N1C(=O)/C(=C/c2cccc3ccccc23)SC1=S. The highest BCUT2D eigenvalue weighted by Gasteiger charge is 2.35. The van der Waals surface area contributed by atoms with E-state index in [-0.39, 0.29) is 11.9 Å². The van der Waals surface area contributed by atoms with E-state index in [1.165, 1.54) is 11.8 Å². The van der Waals surface area contributed by atoms with Crippen LogP contribution < -0.4 is 0 Å². The van der Waals surface area contributed by atoms with E-state index in [0.717, 1.165) is 21.9 Å². The molecule has 1 amide bonds. The standard InChI is InChI=1S/C22H17NOS2/c1-15(16-8-3-2-4-9-16)23-21(24)20(26-22(23)25)14-18-12-7-11-17-10-5-6-13-19(17)18/h2-15H,1H3/b20-14-. The highest BCUT2D eigenvalue weighted by Crippen LogP contribution is 2.38. The molecule has 1 atom stereocenters. The molecule has 3 aromatic rings. The van der Waals surface area contributed by atoms with Crippen LogP contribution in [0.2, 0.25) is 0 Å². The lowest BCUT2D eigenvalue weighted by molar-refractivity contribution is -0.123. The maximum absolute atomic E-state index is 13.0. The molecule has 0 spiro atoms. The Hall–Kier alpha value is -2.43. The molecule has 1 aliphatic heterocycles. The van der Waals surface area contributed by atoms with Crippen molar-refractivity contribution in [2.45, 2.75) is 13.0 Å². The first-order chi connectivity index (χ1) is 12.6. The second kappa shape index (κ2) is 7.06. The maximum Gasteiger partial charge on any atom is 0.266 e. The van der Waals surface area contributed by atoms with Gasteiger partial charge in [0.25, 0.3) is 5.91 Å². The van der Waals surface area contributed by atoms with Gasteiger partial charge in [-0.25, -0.2) is 0 Å². The third-order valence-corrected chi connectivity index (χ3v) is 5.93. The van der Waals surface area contributed by atoms with E-state index in [0.29, 0.717) is 9.23 Å². The normalized spacial score (nSPS) is 17.3. The summed E-state index contributed by atoms with van der Waals surface area (Å²) in [7, 11) is 0. The molecule has 0 radical (unpaired) electrons. The monoisotopic (exact) mass is 375 g/mol. The molecule has 3 aromatic carbocycles. The molecule has 0 aliphatic carbocycles. The van der Waals surface area contributed by atoms with Gasteiger partial charge in [-0.1, -0.05) is 96.8 Å². The summed E-state index contributed by atoms with van der Waals surface area (Å²) in [5.74, 6) is -0.0238. The second-order valence-corrected chi connectivity index (χ2v) is 7.88. The summed E-state index contributed by atoms with van der Waals surface area (Å²) in [6.07, 6.45) is 1.96. The Morgan fingerprint density at radius 1 is 0.962 bits per heavy atom. The number of carbonyl (C=O) groups excluding carboxylic acids is 1. The predicted molar refractivity (Wildman–Crippen MR) is 114 cm³/mol. The van der Waals surface area contributed by atoms with Crippen molar-refractivity contribution in [3.8, 4) is 0 Å². The number of amides is 1. The van der Waals surface area contributed by atoms with Gasteiger partial charge in [-0.3, -0.25) is 9.69 Å². The Bertz CT molecular complexity index is 1020. The first kappa shape index (κ1) is 17.0. The third kappa shape index (κ3) is 3.06. The van der Waals surface area contributed by atoms with Gasteiger partial charge in [0, 0.05) is 0 Å². The van der Waals surface area contributed by atoms with E-state index in [2.05, 4.69) is 18.2 Å². The molecule has 2 nitrogen and oxygen atoms in total. The minimum absolute atomic E-state index is 0.0238. The molecule has 1 unspecified atom stereocenters. The fraction of sp³-hybridized carbons (Fsp3) is 0.0909. The first-order valence-electron chi connectivity index (χ1n) is 8.45. The average Bonchev–Trinajstić information content (AvgIpc) is 2.95. The number of carbonyl (C=O) groups is 1. The van der Waals surface area contributed by atoms with Crippen molar-refractivity contribution in [3.05, 3.63) is 88.8 Å². The summed E-state index contributed by atoms with van der Waals surface area (Å²) in [5, 5.41) is 2.30. The zero-order valence-electron chi connectivity index (χ0n) is 14.3. The van der Waals surface area contributed by atoms with E-state index in [1.54, 1.807) is 4.90 Å². The minimum Gasteiger partial charge on any atom is -0.286 e. The molecule has 1 saturated heterocycles. The molecular weight excluding hydrogens is 358 g/mol. The van der Waals surface area contributed by atoms with Gasteiger partial charge in [0.1, 0.15) is 4.32 Å². The Morgan fingerprint density at radius 2 is 1.65 bits per heavy atom. The van der Waals surface area contributed by atoms with Crippen molar-refractivity contribution in [1.29, 1.82) is 0 Å². The fourth-order valence-corrected chi connectivity index (χ4v) is 4.62. The first-order valence-corrected chi connectivity index (χ1v) is 9.67. The van der Waals surface area contributed by atoms with Gasteiger partial charge in [0.15, 0.2) is 0 Å². The molecule has 4 heteroatoms. The van der Waals surface area contributed by atoms with Crippen molar-refractivity contribution < 1.29 is 4.79 Å². The summed E-state index contributed by atoms with van der Waals surface area (Å²) in [4.78, 5) is 15.4. The van der Waals surface area contributed by atoms with Crippen LogP contribution in [-0.4, -0.2) is 15.1 Å². The molecule has 0 N–H and O–H groups in total. The highest BCUT2D eigenvalue weighted by molar-refractivity contribution is 8.26. The van der Waals surface area contributed by atoms with Crippen LogP contribution in [0.3, 0.4) is 0 Å². The summed E-state index contributed by atoms with van der Waals surface area (Å²) in [6, 6.07) is 24.2. The van der Waals surface area contributed by atoms with Gasteiger partial charge < -0.3 is 0 Å². The smallest absolute Gasteiger partial charge is 0.266 e. The molecule has 1 fully saturated rings. The minimum atomic E-state index is -0.0814. The molecule has 4 rings (SSSR count). The van der Waals surface area contributed by atoms with Crippen LogP contribution in [-0.2, 0) is 4.79 Å². The van der Waals surface area contributed by atoms with E-state index >= 15 is 0 Å². The van der Waals surface area contributed by atoms with E-state index in [9.17, 15) is 4.79 Å². The predicted octanol–water partition coefficient (Wildman–Crippen LogP) is 5.80. The van der Waals surface area contributed by atoms with Crippen molar-refractivity contribution in [2.24, 2.45) is 0 Å². The highest BCUT2D eigenvalue weighted by atomic mass is 32.2. The molecular formula is C22H17NOS2. The lowest BCUT2D eigenvalue weighted by atomic mass is 10.0. The van der Waals surface area contributed by atoms with Crippen LogP contribution in [0, 0.1) is 0 Å². The molecule has 0 saturated carbocycles. The van der Waals surface area contributed by atoms with Crippen LogP contribution in [0.25, 0.3) is 16.8 Å². The lowest BCUT2D eigenvalue weighted by Crippen LogP contribution is -2.30.